The molecule has 1 aliphatic heterocycles. The van der Waals surface area contributed by atoms with Gasteiger partial charge in [0.1, 0.15) is 5.41 Å². The molecule has 1 unspecified atom stereocenters. The van der Waals surface area contributed by atoms with Crippen molar-refractivity contribution < 1.29 is 9.59 Å². The van der Waals surface area contributed by atoms with Crippen LogP contribution in [0.5, 0.6) is 0 Å². The number of hydrogen-bond acceptors (Lipinski definition) is 3. The maximum Gasteiger partial charge on any atom is 0.245 e. The minimum Gasteiger partial charge on any atom is -0.364 e. The topological polar surface area (TPSA) is 90.6 Å². The molecule has 1 saturated heterocycles. The summed E-state index contributed by atoms with van der Waals surface area (Å²) in [5, 5.41) is 8.97. The summed E-state index contributed by atoms with van der Waals surface area (Å²) in [5.74, 6) is -0.603. The van der Waals surface area contributed by atoms with E-state index >= 15 is 0 Å². The monoisotopic (exact) mass is 230 g/mol. The molecule has 3 N–H and O–H groups in total. The first kappa shape index (κ1) is 9.83. The summed E-state index contributed by atoms with van der Waals surface area (Å²) in [6.45, 7) is 0. The molecule has 1 aliphatic rings. The van der Waals surface area contributed by atoms with E-state index in [2.05, 4.69) is 20.5 Å². The molecule has 17 heavy (non-hydrogen) atoms. The number of aromatic amines is 2. The Kier molecular flexibility index (Phi) is 1.91. The molecule has 0 spiro atoms. The molecule has 2 aromatic heterocycles. The summed E-state index contributed by atoms with van der Waals surface area (Å²) in [5.41, 5.74) is 0.297. The van der Waals surface area contributed by atoms with Crippen LogP contribution in [0.1, 0.15) is 17.8 Å². The Bertz CT molecular complexity index is 522. The predicted octanol–water partition coefficient (Wildman–Crippen LogP) is 0.0704. The highest BCUT2D eigenvalue weighted by atomic mass is 16.2. The normalized spacial score (nSPS) is 24.0. The SMILES string of the molecule is O=C1CC(c2ccc[nH]2)(c2ccn[nH]2)C(=O)N1. The van der Waals surface area contributed by atoms with Crippen LogP contribution >= 0.6 is 0 Å². The molecular weight excluding hydrogens is 220 g/mol. The molecule has 86 valence electrons. The second-order valence-electron chi connectivity index (χ2n) is 4.01. The smallest absolute Gasteiger partial charge is 0.245 e. The van der Waals surface area contributed by atoms with Gasteiger partial charge in [-0.05, 0) is 18.2 Å². The Morgan fingerprint density at radius 3 is 2.65 bits per heavy atom. The van der Waals surface area contributed by atoms with Crippen LogP contribution < -0.4 is 5.32 Å². The van der Waals surface area contributed by atoms with Crippen LogP contribution in [0.2, 0.25) is 0 Å². The molecule has 2 amide bonds. The first-order chi connectivity index (χ1) is 8.23. The average molecular weight is 230 g/mol. The van der Waals surface area contributed by atoms with Gasteiger partial charge in [-0.3, -0.25) is 20.0 Å². The lowest BCUT2D eigenvalue weighted by molar-refractivity contribution is -0.126. The standard InChI is InChI=1S/C11H10N4O2/c16-9-6-11(10(17)14-9,7-2-1-4-12-7)8-3-5-13-15-8/h1-5,12H,6H2,(H,13,15)(H,14,16,17). The Hall–Kier alpha value is -2.37. The van der Waals surface area contributed by atoms with Gasteiger partial charge in [0.15, 0.2) is 0 Å². The average Bonchev–Trinajstić information content (AvgIpc) is 2.98. The predicted molar refractivity (Wildman–Crippen MR) is 57.9 cm³/mol. The van der Waals surface area contributed by atoms with E-state index in [4.69, 9.17) is 0 Å². The lowest BCUT2D eigenvalue weighted by Gasteiger charge is -2.22. The fraction of sp³-hybridized carbons (Fsp3) is 0.182. The molecule has 0 saturated carbocycles. The van der Waals surface area contributed by atoms with Crippen molar-refractivity contribution in [3.63, 3.8) is 0 Å². The molecule has 1 fully saturated rings. The van der Waals surface area contributed by atoms with Crippen LogP contribution in [-0.4, -0.2) is 27.0 Å². The van der Waals surface area contributed by atoms with Crippen LogP contribution in [0.25, 0.3) is 0 Å². The lowest BCUT2D eigenvalue weighted by Crippen LogP contribution is -2.37. The number of aromatic nitrogens is 3. The second-order valence-corrected chi connectivity index (χ2v) is 4.01. The minimum absolute atomic E-state index is 0.0918. The van der Waals surface area contributed by atoms with Gasteiger partial charge in [0.2, 0.25) is 11.8 Å². The maximum atomic E-state index is 12.1. The zero-order valence-electron chi connectivity index (χ0n) is 8.86. The first-order valence-electron chi connectivity index (χ1n) is 5.21. The molecule has 2 aromatic rings. The number of imide groups is 1. The van der Waals surface area contributed by atoms with Gasteiger partial charge in [-0.1, -0.05) is 0 Å². The molecule has 6 heteroatoms. The van der Waals surface area contributed by atoms with Crippen LogP contribution in [-0.2, 0) is 15.0 Å². The van der Waals surface area contributed by atoms with Gasteiger partial charge in [0, 0.05) is 18.1 Å². The van der Waals surface area contributed by atoms with E-state index in [-0.39, 0.29) is 18.2 Å². The molecule has 6 nitrogen and oxygen atoms in total. The van der Waals surface area contributed by atoms with E-state index in [0.717, 1.165) is 0 Å². The van der Waals surface area contributed by atoms with Crippen molar-refractivity contribution in [3.8, 4) is 0 Å². The largest absolute Gasteiger partial charge is 0.364 e. The van der Waals surface area contributed by atoms with Gasteiger partial charge < -0.3 is 4.98 Å². The quantitative estimate of drug-likeness (QED) is 0.637. The Morgan fingerprint density at radius 1 is 1.24 bits per heavy atom. The van der Waals surface area contributed by atoms with E-state index in [1.807, 2.05) is 0 Å². The van der Waals surface area contributed by atoms with Crippen molar-refractivity contribution in [2.24, 2.45) is 0 Å². The second kappa shape index (κ2) is 3.31. The van der Waals surface area contributed by atoms with E-state index < -0.39 is 5.41 Å². The molecule has 0 bridgehead atoms. The highest BCUT2D eigenvalue weighted by Crippen LogP contribution is 2.36. The van der Waals surface area contributed by atoms with E-state index in [1.54, 1.807) is 30.6 Å². The summed E-state index contributed by atoms with van der Waals surface area (Å²) in [4.78, 5) is 26.6. The third kappa shape index (κ3) is 1.24. The number of rotatable bonds is 2. The summed E-state index contributed by atoms with van der Waals surface area (Å²) in [6.07, 6.45) is 3.38. The van der Waals surface area contributed by atoms with Crippen molar-refractivity contribution in [2.45, 2.75) is 11.8 Å². The third-order valence-electron chi connectivity index (χ3n) is 3.08. The van der Waals surface area contributed by atoms with Gasteiger partial charge in [0.05, 0.1) is 12.1 Å². The van der Waals surface area contributed by atoms with Crippen molar-refractivity contribution in [3.05, 3.63) is 42.0 Å². The van der Waals surface area contributed by atoms with Gasteiger partial charge in [0.25, 0.3) is 0 Å². The van der Waals surface area contributed by atoms with E-state index in [9.17, 15) is 9.59 Å². The van der Waals surface area contributed by atoms with Crippen molar-refractivity contribution >= 4 is 11.8 Å². The Morgan fingerprint density at radius 2 is 2.12 bits per heavy atom. The number of hydrogen-bond donors (Lipinski definition) is 3. The van der Waals surface area contributed by atoms with Crippen LogP contribution in [0.3, 0.4) is 0 Å². The van der Waals surface area contributed by atoms with Crippen LogP contribution in [0.15, 0.2) is 30.6 Å². The summed E-state index contributed by atoms with van der Waals surface area (Å²) >= 11 is 0. The number of nitrogens with one attached hydrogen (secondary N) is 3. The van der Waals surface area contributed by atoms with Crippen molar-refractivity contribution in [1.29, 1.82) is 0 Å². The van der Waals surface area contributed by atoms with Crippen LogP contribution in [0.4, 0.5) is 0 Å². The molecule has 3 rings (SSSR count). The number of carbonyl (C=O) groups is 2. The Balaban J connectivity index is 2.22. The molecule has 0 aliphatic carbocycles. The number of nitrogens with zero attached hydrogens (tertiary/aromatic N) is 1. The van der Waals surface area contributed by atoms with Crippen molar-refractivity contribution in [2.75, 3.05) is 0 Å². The molecule has 1 atom stereocenters. The number of carbonyl (C=O) groups excluding carboxylic acids is 2. The zero-order chi connectivity index (χ0) is 11.9. The summed E-state index contributed by atoms with van der Waals surface area (Å²) < 4.78 is 0. The highest BCUT2D eigenvalue weighted by molar-refractivity contribution is 6.10. The van der Waals surface area contributed by atoms with Crippen molar-refractivity contribution in [1.82, 2.24) is 20.5 Å². The zero-order valence-corrected chi connectivity index (χ0v) is 8.86. The Labute approximate surface area is 96.4 Å². The van der Waals surface area contributed by atoms with Gasteiger partial charge in [-0.25, -0.2) is 0 Å². The van der Waals surface area contributed by atoms with Gasteiger partial charge in [-0.2, -0.15) is 5.10 Å². The van der Waals surface area contributed by atoms with E-state index in [0.29, 0.717) is 11.4 Å². The van der Waals surface area contributed by atoms with E-state index in [1.165, 1.54) is 0 Å². The molecular formula is C11H10N4O2. The highest BCUT2D eigenvalue weighted by Gasteiger charge is 2.51. The van der Waals surface area contributed by atoms with Crippen LogP contribution in [0, 0.1) is 0 Å². The fourth-order valence-electron chi connectivity index (χ4n) is 2.27. The summed E-state index contributed by atoms with van der Waals surface area (Å²) in [6, 6.07) is 5.29. The lowest BCUT2D eigenvalue weighted by atomic mass is 9.79. The van der Waals surface area contributed by atoms with Gasteiger partial charge >= 0.3 is 0 Å². The molecule has 0 radical (unpaired) electrons. The van der Waals surface area contributed by atoms with Gasteiger partial charge in [-0.15, -0.1) is 0 Å². The summed E-state index contributed by atoms with van der Waals surface area (Å²) in [7, 11) is 0. The number of H-pyrrole nitrogens is 2. The third-order valence-corrected chi connectivity index (χ3v) is 3.08. The maximum absolute atomic E-state index is 12.1. The first-order valence-corrected chi connectivity index (χ1v) is 5.21. The number of amides is 2. The fourth-order valence-corrected chi connectivity index (χ4v) is 2.27. The minimum atomic E-state index is -1.00. The molecule has 0 aromatic carbocycles. The molecule has 3 heterocycles.